The SMILES string of the molecule is Cc1n[c]nc2[nH]cnc12. The Balaban J connectivity index is 2.95. The van der Waals surface area contributed by atoms with Crippen LogP contribution in [-0.4, -0.2) is 19.9 Å². The summed E-state index contributed by atoms with van der Waals surface area (Å²) in [7, 11) is 0. The van der Waals surface area contributed by atoms with Gasteiger partial charge in [0.1, 0.15) is 5.52 Å². The lowest BCUT2D eigenvalue weighted by Crippen LogP contribution is -1.85. The maximum atomic E-state index is 4.02. The van der Waals surface area contributed by atoms with Gasteiger partial charge in [-0.25, -0.2) is 15.0 Å². The third-order valence-corrected chi connectivity index (χ3v) is 1.34. The molecule has 0 amide bonds. The molecule has 0 aliphatic rings. The van der Waals surface area contributed by atoms with Gasteiger partial charge < -0.3 is 4.98 Å². The Kier molecular flexibility index (Phi) is 0.943. The van der Waals surface area contributed by atoms with Crippen molar-refractivity contribution in [3.05, 3.63) is 18.3 Å². The number of nitrogens with one attached hydrogen (secondary N) is 1. The number of H-pyrrole nitrogens is 1. The predicted molar refractivity (Wildman–Crippen MR) is 35.3 cm³/mol. The summed E-state index contributed by atoms with van der Waals surface area (Å²) in [5.41, 5.74) is 2.41. The van der Waals surface area contributed by atoms with E-state index in [0.29, 0.717) is 0 Å². The molecule has 2 aromatic heterocycles. The molecule has 4 nitrogen and oxygen atoms in total. The maximum absolute atomic E-state index is 4.02. The van der Waals surface area contributed by atoms with Crippen molar-refractivity contribution in [3.8, 4) is 0 Å². The van der Waals surface area contributed by atoms with Gasteiger partial charge in [-0.2, -0.15) is 0 Å². The molecule has 10 heavy (non-hydrogen) atoms. The summed E-state index contributed by atoms with van der Waals surface area (Å²) in [6, 6.07) is 0. The monoisotopic (exact) mass is 133 g/mol. The van der Waals surface area contributed by atoms with E-state index in [0.717, 1.165) is 16.9 Å². The minimum atomic E-state index is 0.743. The second-order valence-corrected chi connectivity index (χ2v) is 2.01. The summed E-state index contributed by atoms with van der Waals surface area (Å²) in [5, 5.41) is 0. The van der Waals surface area contributed by atoms with E-state index in [1.807, 2.05) is 6.92 Å². The van der Waals surface area contributed by atoms with Gasteiger partial charge in [0.25, 0.3) is 0 Å². The standard InChI is InChI=1S/C6H5N4/c1-4-5-6(9-2-7-4)10-3-8-5/h3H,1H3,(H,7,8,9,10). The first-order chi connectivity index (χ1) is 4.88. The average Bonchev–Trinajstić information content (AvgIpc) is 2.36. The van der Waals surface area contributed by atoms with Crippen molar-refractivity contribution in [3.63, 3.8) is 0 Å². The highest BCUT2D eigenvalue weighted by atomic mass is 15.0. The van der Waals surface area contributed by atoms with E-state index < -0.39 is 0 Å². The van der Waals surface area contributed by atoms with E-state index in [2.05, 4.69) is 26.3 Å². The Morgan fingerprint density at radius 1 is 1.50 bits per heavy atom. The third-order valence-electron chi connectivity index (χ3n) is 1.34. The van der Waals surface area contributed by atoms with Gasteiger partial charge in [-0.15, -0.1) is 0 Å². The van der Waals surface area contributed by atoms with Crippen molar-refractivity contribution in [2.45, 2.75) is 6.92 Å². The molecule has 1 N–H and O–H groups in total. The first-order valence-electron chi connectivity index (χ1n) is 2.91. The molecule has 2 rings (SSSR count). The van der Waals surface area contributed by atoms with Crippen LogP contribution in [0, 0.1) is 13.3 Å². The molecular formula is C6H5N4. The topological polar surface area (TPSA) is 54.5 Å². The Morgan fingerprint density at radius 3 is 3.20 bits per heavy atom. The van der Waals surface area contributed by atoms with Crippen LogP contribution in [-0.2, 0) is 0 Å². The van der Waals surface area contributed by atoms with Crippen molar-refractivity contribution in [1.29, 1.82) is 0 Å². The van der Waals surface area contributed by atoms with Crippen LogP contribution in [0.15, 0.2) is 6.33 Å². The number of hydrogen-bond acceptors (Lipinski definition) is 3. The molecule has 0 saturated heterocycles. The summed E-state index contributed by atoms with van der Waals surface area (Å²) in [6.07, 6.45) is 4.12. The number of fused-ring (bicyclic) bond motifs is 1. The molecule has 0 aromatic carbocycles. The van der Waals surface area contributed by atoms with Crippen molar-refractivity contribution >= 4 is 11.2 Å². The molecule has 0 unspecified atom stereocenters. The van der Waals surface area contributed by atoms with E-state index >= 15 is 0 Å². The Bertz CT molecular complexity index is 351. The summed E-state index contributed by atoms with van der Waals surface area (Å²) < 4.78 is 0. The molecule has 4 heteroatoms. The molecule has 0 bridgehead atoms. The molecule has 0 fully saturated rings. The largest absolute Gasteiger partial charge is 0.329 e. The zero-order valence-corrected chi connectivity index (χ0v) is 5.42. The molecular weight excluding hydrogens is 128 g/mol. The van der Waals surface area contributed by atoms with Crippen molar-refractivity contribution < 1.29 is 0 Å². The molecule has 1 radical (unpaired) electrons. The molecule has 0 saturated carbocycles. The number of aromatic nitrogens is 4. The summed E-state index contributed by atoms with van der Waals surface area (Å²) in [6.45, 7) is 1.88. The summed E-state index contributed by atoms with van der Waals surface area (Å²) in [4.78, 5) is 14.6. The Hall–Kier alpha value is -1.45. The van der Waals surface area contributed by atoms with E-state index in [-0.39, 0.29) is 0 Å². The number of aryl methyl sites for hydroxylation is 1. The van der Waals surface area contributed by atoms with Gasteiger partial charge in [-0.1, -0.05) is 0 Å². The van der Waals surface area contributed by atoms with E-state index in [9.17, 15) is 0 Å². The van der Waals surface area contributed by atoms with Crippen molar-refractivity contribution in [1.82, 2.24) is 19.9 Å². The second kappa shape index (κ2) is 1.76. The van der Waals surface area contributed by atoms with Gasteiger partial charge >= 0.3 is 0 Å². The molecule has 0 spiro atoms. The Morgan fingerprint density at radius 2 is 2.40 bits per heavy atom. The van der Waals surface area contributed by atoms with E-state index in [1.165, 1.54) is 0 Å². The van der Waals surface area contributed by atoms with Crippen molar-refractivity contribution in [2.24, 2.45) is 0 Å². The molecule has 2 aromatic rings. The van der Waals surface area contributed by atoms with Gasteiger partial charge in [-0.3, -0.25) is 0 Å². The van der Waals surface area contributed by atoms with E-state index in [4.69, 9.17) is 0 Å². The lowest BCUT2D eigenvalue weighted by Gasteiger charge is -1.87. The fraction of sp³-hybridized carbons (Fsp3) is 0.167. The van der Waals surface area contributed by atoms with Gasteiger partial charge in [0, 0.05) is 0 Å². The molecule has 49 valence electrons. The van der Waals surface area contributed by atoms with Gasteiger partial charge in [0.15, 0.2) is 12.0 Å². The van der Waals surface area contributed by atoms with E-state index in [1.54, 1.807) is 6.33 Å². The lowest BCUT2D eigenvalue weighted by atomic mass is 10.4. The predicted octanol–water partition coefficient (Wildman–Crippen LogP) is 0.462. The fourth-order valence-electron chi connectivity index (χ4n) is 0.840. The molecule has 0 aliphatic heterocycles. The highest BCUT2D eigenvalue weighted by Gasteiger charge is 1.99. The van der Waals surface area contributed by atoms with Crippen LogP contribution in [0.1, 0.15) is 5.69 Å². The van der Waals surface area contributed by atoms with Crippen LogP contribution in [0.25, 0.3) is 11.2 Å². The van der Waals surface area contributed by atoms with Crippen LogP contribution < -0.4 is 0 Å². The second-order valence-electron chi connectivity index (χ2n) is 2.01. The highest BCUT2D eigenvalue weighted by molar-refractivity contribution is 5.71. The third kappa shape index (κ3) is 0.586. The smallest absolute Gasteiger partial charge is 0.200 e. The number of rotatable bonds is 0. The first-order valence-corrected chi connectivity index (χ1v) is 2.91. The van der Waals surface area contributed by atoms with Crippen LogP contribution in [0.5, 0.6) is 0 Å². The van der Waals surface area contributed by atoms with Crippen LogP contribution >= 0.6 is 0 Å². The number of nitrogens with zero attached hydrogens (tertiary/aromatic N) is 3. The number of hydrogen-bond donors (Lipinski definition) is 1. The van der Waals surface area contributed by atoms with Gasteiger partial charge in [-0.05, 0) is 6.92 Å². The summed E-state index contributed by atoms with van der Waals surface area (Å²) >= 11 is 0. The van der Waals surface area contributed by atoms with Crippen LogP contribution in [0.2, 0.25) is 0 Å². The minimum Gasteiger partial charge on any atom is -0.329 e. The minimum absolute atomic E-state index is 0.743. The number of aromatic amines is 1. The zero-order valence-electron chi connectivity index (χ0n) is 5.42. The molecule has 0 atom stereocenters. The zero-order chi connectivity index (χ0) is 6.97. The first kappa shape index (κ1) is 5.34. The Labute approximate surface area is 57.3 Å². The van der Waals surface area contributed by atoms with Gasteiger partial charge in [0.2, 0.25) is 0 Å². The van der Waals surface area contributed by atoms with Crippen molar-refractivity contribution in [2.75, 3.05) is 0 Å². The summed E-state index contributed by atoms with van der Waals surface area (Å²) in [5.74, 6) is 0. The highest BCUT2D eigenvalue weighted by Crippen LogP contribution is 2.05. The normalized spacial score (nSPS) is 10.5. The maximum Gasteiger partial charge on any atom is 0.200 e. The fourth-order valence-corrected chi connectivity index (χ4v) is 0.840. The van der Waals surface area contributed by atoms with Gasteiger partial charge in [0.05, 0.1) is 12.0 Å². The molecule has 2 heterocycles. The average molecular weight is 133 g/mol. The lowest BCUT2D eigenvalue weighted by molar-refractivity contribution is 1.12. The van der Waals surface area contributed by atoms with Crippen LogP contribution in [0.4, 0.5) is 0 Å². The quantitative estimate of drug-likeness (QED) is 0.568. The number of imidazole rings is 1. The molecule has 0 aliphatic carbocycles. The van der Waals surface area contributed by atoms with Crippen LogP contribution in [0.3, 0.4) is 0 Å².